The number of aromatic hydroxyl groups is 2. The van der Waals surface area contributed by atoms with Gasteiger partial charge in [0, 0.05) is 40.0 Å². The summed E-state index contributed by atoms with van der Waals surface area (Å²) >= 11 is 0. The average Bonchev–Trinajstić information content (AvgIpc) is 2.84. The van der Waals surface area contributed by atoms with E-state index in [1.807, 2.05) is 0 Å². The number of aliphatic imine (C=N–C) groups is 2. The van der Waals surface area contributed by atoms with Crippen LogP contribution in [0, 0.1) is 0 Å². The van der Waals surface area contributed by atoms with Crippen molar-refractivity contribution in [3.63, 3.8) is 0 Å². The fourth-order valence-electron chi connectivity index (χ4n) is 2.15. The van der Waals surface area contributed by atoms with E-state index < -0.39 is 50.7 Å². The van der Waals surface area contributed by atoms with Crippen molar-refractivity contribution in [1.29, 1.82) is 0 Å². The normalized spacial score (nSPS) is 11.8. The largest absolute Gasteiger partial charge is 0.507 e. The molecule has 0 atom stereocenters. The van der Waals surface area contributed by atoms with Crippen LogP contribution in [-0.2, 0) is 16.5 Å². The molecule has 2 rings (SSSR count). The Labute approximate surface area is 201 Å². The van der Waals surface area contributed by atoms with Gasteiger partial charge in [-0.15, -0.1) is 0 Å². The van der Waals surface area contributed by atoms with E-state index in [4.69, 9.17) is 30.6 Å². The quantitative estimate of drug-likeness (QED) is 0.149. The molecule has 0 aliphatic rings. The maximum absolute atomic E-state index is 9.45. The first-order chi connectivity index (χ1) is 15.3. The van der Waals surface area contributed by atoms with Crippen LogP contribution in [0.25, 0.3) is 0 Å². The van der Waals surface area contributed by atoms with Crippen LogP contribution < -0.4 is 0 Å². The molecule has 0 aliphatic carbocycles. The van der Waals surface area contributed by atoms with Crippen molar-refractivity contribution in [2.75, 3.05) is 39.6 Å². The first kappa shape index (κ1) is 30.6. The van der Waals surface area contributed by atoms with E-state index in [0.717, 1.165) is 0 Å². The molecule has 0 saturated heterocycles. The van der Waals surface area contributed by atoms with Crippen LogP contribution in [0.3, 0.4) is 0 Å². The van der Waals surface area contributed by atoms with Gasteiger partial charge in [-0.1, -0.05) is 24.3 Å². The number of benzene rings is 2. The van der Waals surface area contributed by atoms with Crippen LogP contribution >= 0.6 is 0 Å². The number of phenols is 2. The van der Waals surface area contributed by atoms with E-state index in [2.05, 4.69) is 9.98 Å². The maximum Gasteiger partial charge on any atom is 0.129 e. The summed E-state index contributed by atoms with van der Waals surface area (Å²) in [4.78, 5) is 7.81. The summed E-state index contributed by atoms with van der Waals surface area (Å²) < 4.78 is 0. The molecule has 10 nitrogen and oxygen atoms in total. The van der Waals surface area contributed by atoms with Crippen LogP contribution in [0.15, 0.2) is 58.5 Å². The van der Waals surface area contributed by atoms with Gasteiger partial charge >= 0.3 is 0 Å². The molecule has 0 aromatic heterocycles. The monoisotopic (exact) mass is 508 g/mol. The van der Waals surface area contributed by atoms with Gasteiger partial charge in [0.25, 0.3) is 0 Å². The fourth-order valence-corrected chi connectivity index (χ4v) is 2.15. The minimum atomic E-state index is -1.30. The van der Waals surface area contributed by atoms with E-state index in [1.165, 1.54) is 24.6 Å². The average molecular weight is 509 g/mol. The predicted molar refractivity (Wildman–Crippen MR) is 119 cm³/mol. The molecule has 0 heterocycles. The van der Waals surface area contributed by atoms with Crippen molar-refractivity contribution >= 4 is 12.4 Å². The van der Waals surface area contributed by atoms with Crippen molar-refractivity contribution in [2.24, 2.45) is 9.98 Å². The van der Waals surface area contributed by atoms with Crippen LogP contribution in [0.1, 0.15) is 11.1 Å². The number of rotatable bonds is 10. The van der Waals surface area contributed by atoms with Gasteiger partial charge in [-0.25, -0.2) is 0 Å². The molecule has 11 heteroatoms. The van der Waals surface area contributed by atoms with Crippen LogP contribution in [0.2, 0.25) is 0 Å². The van der Waals surface area contributed by atoms with Gasteiger partial charge in [-0.05, 0) is 24.3 Å². The molecule has 0 amide bonds. The number of phenolic OH excluding ortho intramolecular Hbond substituents is 2. The smallest absolute Gasteiger partial charge is 0.129 e. The molecular weight excluding hydrogens is 479 g/mol. The Kier molecular flexibility index (Phi) is 14.4. The Bertz CT molecular complexity index is 783. The molecule has 186 valence electrons. The fraction of sp³-hybridized carbons (Fsp3) is 0.364. The minimum absolute atomic E-state index is 0. The Hall–Kier alpha value is -2.37. The second-order valence-electron chi connectivity index (χ2n) is 7.03. The second kappa shape index (κ2) is 15.5. The van der Waals surface area contributed by atoms with Gasteiger partial charge in [0.1, 0.15) is 22.6 Å². The molecule has 8 N–H and O–H groups in total. The van der Waals surface area contributed by atoms with Crippen LogP contribution in [0.5, 0.6) is 11.5 Å². The van der Waals surface area contributed by atoms with Crippen LogP contribution in [0.4, 0.5) is 0 Å². The molecule has 0 fully saturated rings. The first-order valence-corrected chi connectivity index (χ1v) is 9.66. The zero-order valence-electron chi connectivity index (χ0n) is 17.8. The standard InChI is InChI=1S/2C11H15NO4.Ni/c2*13-6-11(7-14,8-15)12-5-9-3-1-2-4-10(9)16;/h2*1-5,13-16H,6-8H2;. The Morgan fingerprint density at radius 3 is 1.06 bits per heavy atom. The van der Waals surface area contributed by atoms with Gasteiger partial charge in [0.05, 0.1) is 39.6 Å². The molecule has 0 spiro atoms. The summed E-state index contributed by atoms with van der Waals surface area (Å²) in [6.45, 7) is -2.81. The van der Waals surface area contributed by atoms with E-state index in [9.17, 15) is 10.2 Å². The zero-order valence-corrected chi connectivity index (χ0v) is 18.8. The molecule has 0 saturated carbocycles. The number of hydrogen-bond acceptors (Lipinski definition) is 10. The van der Waals surface area contributed by atoms with Gasteiger partial charge in [0.2, 0.25) is 0 Å². The van der Waals surface area contributed by atoms with Gasteiger partial charge in [-0.3, -0.25) is 9.98 Å². The zero-order chi connectivity index (χ0) is 24.0. The second-order valence-corrected chi connectivity index (χ2v) is 7.03. The van der Waals surface area contributed by atoms with Crippen LogP contribution in [-0.4, -0.2) is 104 Å². The van der Waals surface area contributed by atoms with Crippen molar-refractivity contribution in [1.82, 2.24) is 0 Å². The third kappa shape index (κ3) is 9.19. The minimum Gasteiger partial charge on any atom is -0.507 e. The molecular formula is C22H30N2NiO8. The summed E-state index contributed by atoms with van der Waals surface area (Å²) in [6.07, 6.45) is 2.63. The Balaban J connectivity index is 0.000000602. The summed E-state index contributed by atoms with van der Waals surface area (Å²) in [7, 11) is 0. The SMILES string of the molecule is OCC(CO)(CO)N=Cc1ccccc1O.OCC(CO)(CO)N=Cc1ccccc1O.[Ni]. The van der Waals surface area contributed by atoms with Crippen molar-refractivity contribution in [3.05, 3.63) is 59.7 Å². The molecule has 2 aromatic carbocycles. The molecule has 0 bridgehead atoms. The third-order valence-corrected chi connectivity index (χ3v) is 4.59. The molecule has 0 radical (unpaired) electrons. The van der Waals surface area contributed by atoms with Gasteiger partial charge in [0.15, 0.2) is 0 Å². The molecule has 0 aliphatic heterocycles. The molecule has 33 heavy (non-hydrogen) atoms. The maximum atomic E-state index is 9.45. The predicted octanol–water partition coefficient (Wildman–Crippen LogP) is -0.949. The number of para-hydroxylation sites is 2. The van der Waals surface area contributed by atoms with E-state index >= 15 is 0 Å². The first-order valence-electron chi connectivity index (χ1n) is 9.66. The third-order valence-electron chi connectivity index (χ3n) is 4.59. The van der Waals surface area contributed by atoms with Crippen molar-refractivity contribution in [2.45, 2.75) is 11.1 Å². The molecule has 2 aromatic rings. The summed E-state index contributed by atoms with van der Waals surface area (Å²) in [5.74, 6) is 0.0999. The van der Waals surface area contributed by atoms with Crippen molar-refractivity contribution in [3.8, 4) is 11.5 Å². The van der Waals surface area contributed by atoms with E-state index in [0.29, 0.717) is 11.1 Å². The van der Waals surface area contributed by atoms with Gasteiger partial charge in [-0.2, -0.15) is 0 Å². The number of nitrogens with zero attached hydrogens (tertiary/aromatic N) is 2. The van der Waals surface area contributed by atoms with E-state index in [-0.39, 0.29) is 28.0 Å². The van der Waals surface area contributed by atoms with Crippen molar-refractivity contribution < 1.29 is 57.3 Å². The molecule has 0 unspecified atom stereocenters. The number of hydrogen-bond donors (Lipinski definition) is 8. The Morgan fingerprint density at radius 2 is 0.818 bits per heavy atom. The summed E-state index contributed by atoms with van der Waals surface area (Å²) in [6, 6.07) is 13.1. The number of aliphatic hydroxyl groups is 6. The Morgan fingerprint density at radius 1 is 0.545 bits per heavy atom. The summed E-state index contributed by atoms with van der Waals surface area (Å²) in [5, 5.41) is 73.1. The number of aliphatic hydroxyl groups excluding tert-OH is 6. The summed E-state index contributed by atoms with van der Waals surface area (Å²) in [5.41, 5.74) is -1.69. The topological polar surface area (TPSA) is 187 Å². The van der Waals surface area contributed by atoms with E-state index in [1.54, 1.807) is 36.4 Å². The van der Waals surface area contributed by atoms with Gasteiger partial charge < -0.3 is 40.9 Å².